The van der Waals surface area contributed by atoms with Gasteiger partial charge in [0.25, 0.3) is 0 Å². The number of carbonyl (C=O) groups is 1. The highest BCUT2D eigenvalue weighted by molar-refractivity contribution is 5.87. The van der Waals surface area contributed by atoms with Crippen molar-refractivity contribution in [2.45, 2.75) is 33.3 Å². The van der Waals surface area contributed by atoms with Crippen molar-refractivity contribution in [3.63, 3.8) is 0 Å². The first kappa shape index (κ1) is 15.2. The van der Waals surface area contributed by atoms with Crippen LogP contribution in [-0.2, 0) is 4.79 Å². The maximum Gasteiger partial charge on any atom is 0.333 e. The van der Waals surface area contributed by atoms with Crippen molar-refractivity contribution in [2.24, 2.45) is 0 Å². The van der Waals surface area contributed by atoms with Crippen LogP contribution in [0.2, 0.25) is 0 Å². The summed E-state index contributed by atoms with van der Waals surface area (Å²) >= 11 is 0. The molecule has 0 amide bonds. The third-order valence-corrected chi connectivity index (χ3v) is 2.95. The van der Waals surface area contributed by atoms with Crippen molar-refractivity contribution in [3.8, 4) is 0 Å². The minimum atomic E-state index is -0.954. The molecule has 1 aromatic rings. The van der Waals surface area contributed by atoms with Gasteiger partial charge in [-0.2, -0.15) is 0 Å². The highest BCUT2D eigenvalue weighted by Crippen LogP contribution is 2.24. The number of anilines is 1. The Bertz CT molecular complexity index is 452. The second-order valence-electron chi connectivity index (χ2n) is 4.51. The summed E-state index contributed by atoms with van der Waals surface area (Å²) in [6.07, 6.45) is -0.261. The van der Waals surface area contributed by atoms with E-state index in [0.717, 1.165) is 5.69 Å². The lowest BCUT2D eigenvalue weighted by Gasteiger charge is -2.28. The van der Waals surface area contributed by atoms with E-state index in [1.165, 1.54) is 0 Å². The zero-order valence-electron chi connectivity index (χ0n) is 11.6. The van der Waals surface area contributed by atoms with E-state index in [9.17, 15) is 15.0 Å². The van der Waals surface area contributed by atoms with Crippen molar-refractivity contribution in [1.82, 2.24) is 0 Å². The van der Waals surface area contributed by atoms with Gasteiger partial charge in [0.2, 0.25) is 0 Å². The molecule has 0 aromatic heterocycles. The summed E-state index contributed by atoms with van der Waals surface area (Å²) in [5.41, 5.74) is 1.85. The standard InChI is InChI=1S/C15H21NO3/c1-4-16(13-8-6-5-7-9-13)14(10-11(2)17)12(3)15(18)19/h5-9,11,17H,4,10H2,1-3H3,(H,18,19). The summed E-state index contributed by atoms with van der Waals surface area (Å²) in [6.45, 7) is 5.85. The zero-order chi connectivity index (χ0) is 14.4. The van der Waals surface area contributed by atoms with E-state index in [4.69, 9.17) is 0 Å². The number of hydrogen-bond acceptors (Lipinski definition) is 3. The summed E-state index contributed by atoms with van der Waals surface area (Å²) in [5, 5.41) is 18.8. The number of aliphatic hydroxyl groups is 1. The van der Waals surface area contributed by atoms with Gasteiger partial charge >= 0.3 is 5.97 Å². The first-order chi connectivity index (χ1) is 8.97. The fraction of sp³-hybridized carbons (Fsp3) is 0.400. The number of aliphatic hydroxyl groups excluding tert-OH is 1. The Balaban J connectivity index is 3.22. The average molecular weight is 263 g/mol. The Morgan fingerprint density at radius 3 is 2.32 bits per heavy atom. The second-order valence-corrected chi connectivity index (χ2v) is 4.51. The van der Waals surface area contributed by atoms with Gasteiger partial charge in [-0.25, -0.2) is 4.79 Å². The lowest BCUT2D eigenvalue weighted by atomic mass is 10.1. The van der Waals surface area contributed by atoms with Crippen LogP contribution in [0.1, 0.15) is 27.2 Å². The number of para-hydroxylation sites is 1. The number of nitrogens with zero attached hydrogens (tertiary/aromatic N) is 1. The Labute approximate surface area is 114 Å². The van der Waals surface area contributed by atoms with Crippen LogP contribution in [0.5, 0.6) is 0 Å². The van der Waals surface area contributed by atoms with Gasteiger partial charge in [0.05, 0.1) is 11.7 Å². The third kappa shape index (κ3) is 4.10. The van der Waals surface area contributed by atoms with Crippen molar-refractivity contribution >= 4 is 11.7 Å². The van der Waals surface area contributed by atoms with Crippen LogP contribution in [0, 0.1) is 0 Å². The maximum atomic E-state index is 11.2. The molecule has 0 aliphatic rings. The number of rotatable bonds is 6. The van der Waals surface area contributed by atoms with Crippen molar-refractivity contribution in [1.29, 1.82) is 0 Å². The monoisotopic (exact) mass is 263 g/mol. The Kier molecular flexibility index (Phi) is 5.57. The summed E-state index contributed by atoms with van der Waals surface area (Å²) < 4.78 is 0. The first-order valence-electron chi connectivity index (χ1n) is 6.41. The lowest BCUT2D eigenvalue weighted by Crippen LogP contribution is -2.27. The molecule has 0 saturated carbocycles. The van der Waals surface area contributed by atoms with Gasteiger partial charge in [-0.3, -0.25) is 0 Å². The van der Waals surface area contributed by atoms with Crippen LogP contribution in [0.25, 0.3) is 0 Å². The smallest absolute Gasteiger partial charge is 0.333 e. The van der Waals surface area contributed by atoms with Gasteiger partial charge < -0.3 is 15.1 Å². The molecule has 1 unspecified atom stereocenters. The van der Waals surface area contributed by atoms with E-state index in [1.54, 1.807) is 13.8 Å². The molecule has 0 heterocycles. The van der Waals surface area contributed by atoms with Crippen LogP contribution in [0.3, 0.4) is 0 Å². The highest BCUT2D eigenvalue weighted by Gasteiger charge is 2.18. The van der Waals surface area contributed by atoms with Crippen LogP contribution in [0.4, 0.5) is 5.69 Å². The van der Waals surface area contributed by atoms with Gasteiger partial charge in [-0.05, 0) is 32.9 Å². The fourth-order valence-corrected chi connectivity index (χ4v) is 2.01. The van der Waals surface area contributed by atoms with E-state index in [1.807, 2.05) is 42.2 Å². The molecule has 0 saturated heterocycles. The van der Waals surface area contributed by atoms with E-state index in [2.05, 4.69) is 0 Å². The number of aliphatic carboxylic acids is 1. The quantitative estimate of drug-likeness (QED) is 0.775. The normalized spacial score (nSPS) is 13.7. The van der Waals surface area contributed by atoms with E-state index in [-0.39, 0.29) is 5.57 Å². The molecule has 0 spiro atoms. The Morgan fingerprint density at radius 1 is 1.32 bits per heavy atom. The van der Waals surface area contributed by atoms with Crippen LogP contribution in [0.15, 0.2) is 41.6 Å². The molecule has 4 heteroatoms. The minimum Gasteiger partial charge on any atom is -0.478 e. The summed E-state index contributed by atoms with van der Waals surface area (Å²) in [5.74, 6) is -0.954. The van der Waals surface area contributed by atoms with Gasteiger partial charge in [0, 0.05) is 24.4 Å². The molecule has 0 aliphatic carbocycles. The molecule has 0 fully saturated rings. The number of hydrogen-bond donors (Lipinski definition) is 2. The predicted molar refractivity (Wildman–Crippen MR) is 76.1 cm³/mol. The Hall–Kier alpha value is -1.81. The van der Waals surface area contributed by atoms with Crippen LogP contribution in [-0.4, -0.2) is 28.8 Å². The summed E-state index contributed by atoms with van der Waals surface area (Å²) in [4.78, 5) is 13.1. The van der Waals surface area contributed by atoms with Crippen molar-refractivity contribution in [2.75, 3.05) is 11.4 Å². The second kappa shape index (κ2) is 6.95. The van der Waals surface area contributed by atoms with Crippen molar-refractivity contribution < 1.29 is 15.0 Å². The molecule has 1 rings (SSSR count). The topological polar surface area (TPSA) is 60.8 Å². The third-order valence-electron chi connectivity index (χ3n) is 2.95. The highest BCUT2D eigenvalue weighted by atomic mass is 16.4. The zero-order valence-corrected chi connectivity index (χ0v) is 11.6. The predicted octanol–water partition coefficient (Wildman–Crippen LogP) is 2.64. The number of benzene rings is 1. The van der Waals surface area contributed by atoms with E-state index < -0.39 is 12.1 Å². The molecule has 2 N–H and O–H groups in total. The van der Waals surface area contributed by atoms with Gasteiger partial charge in [0.1, 0.15) is 0 Å². The molecule has 0 aliphatic heterocycles. The number of carboxylic acid groups (broad SMARTS) is 1. The molecule has 104 valence electrons. The SMILES string of the molecule is CCN(C(CC(C)O)=C(C)C(=O)O)c1ccccc1. The molecule has 4 nitrogen and oxygen atoms in total. The van der Waals surface area contributed by atoms with E-state index >= 15 is 0 Å². The summed E-state index contributed by atoms with van der Waals surface area (Å²) in [6, 6.07) is 9.60. The van der Waals surface area contributed by atoms with Gasteiger partial charge in [-0.15, -0.1) is 0 Å². The average Bonchev–Trinajstić information content (AvgIpc) is 2.38. The number of carboxylic acids is 1. The molecule has 1 atom stereocenters. The minimum absolute atomic E-state index is 0.270. The molecule has 0 radical (unpaired) electrons. The Morgan fingerprint density at radius 2 is 1.89 bits per heavy atom. The van der Waals surface area contributed by atoms with Crippen LogP contribution >= 0.6 is 0 Å². The fourth-order valence-electron chi connectivity index (χ4n) is 2.01. The first-order valence-corrected chi connectivity index (χ1v) is 6.41. The van der Waals surface area contributed by atoms with Gasteiger partial charge in [0.15, 0.2) is 0 Å². The lowest BCUT2D eigenvalue weighted by molar-refractivity contribution is -0.132. The molecular weight excluding hydrogens is 242 g/mol. The summed E-state index contributed by atoms with van der Waals surface area (Å²) in [7, 11) is 0. The molecular formula is C15H21NO3. The molecule has 1 aromatic carbocycles. The maximum absolute atomic E-state index is 11.2. The largest absolute Gasteiger partial charge is 0.478 e. The van der Waals surface area contributed by atoms with E-state index in [0.29, 0.717) is 18.7 Å². The molecule has 19 heavy (non-hydrogen) atoms. The van der Waals surface area contributed by atoms with Crippen LogP contribution < -0.4 is 4.90 Å². The van der Waals surface area contributed by atoms with Gasteiger partial charge in [-0.1, -0.05) is 18.2 Å². The molecule has 0 bridgehead atoms. The van der Waals surface area contributed by atoms with Crippen molar-refractivity contribution in [3.05, 3.63) is 41.6 Å².